The van der Waals surface area contributed by atoms with Gasteiger partial charge in [0.05, 0.1) is 25.1 Å². The summed E-state index contributed by atoms with van der Waals surface area (Å²) in [5, 5.41) is 10.3. The highest BCUT2D eigenvalue weighted by molar-refractivity contribution is 6.01. The molecule has 1 aliphatic heterocycles. The summed E-state index contributed by atoms with van der Waals surface area (Å²) in [4.78, 5) is 42.4. The highest BCUT2D eigenvalue weighted by atomic mass is 16.5. The second kappa shape index (κ2) is 14.1. The number of nitrogens with two attached hydrogens (primary N) is 1. The van der Waals surface area contributed by atoms with Crippen LogP contribution in [0.3, 0.4) is 0 Å². The van der Waals surface area contributed by atoms with Gasteiger partial charge in [0.2, 0.25) is 5.91 Å². The molecule has 38 heavy (non-hydrogen) atoms. The Balaban J connectivity index is 1.84. The van der Waals surface area contributed by atoms with E-state index in [2.05, 4.69) is 15.5 Å². The van der Waals surface area contributed by atoms with Crippen LogP contribution in [0, 0.1) is 4.91 Å². The summed E-state index contributed by atoms with van der Waals surface area (Å²) in [6.07, 6.45) is 8.15. The van der Waals surface area contributed by atoms with Crippen LogP contribution in [0.2, 0.25) is 0 Å². The molecule has 1 heterocycles. The van der Waals surface area contributed by atoms with E-state index in [9.17, 15) is 14.5 Å². The van der Waals surface area contributed by atoms with Crippen molar-refractivity contribution in [2.24, 2.45) is 26.3 Å². The SMILES string of the molecule is CCCN(CCCN=O)C(=O)C1=CC2=CC=C(c3ccc(CC(=O)OC(C)C)cc3)CC2N=C(N=NN)C1. The molecule has 2 N–H and O–H groups in total. The molecule has 0 saturated heterocycles. The smallest absolute Gasteiger partial charge is 0.310 e. The Bertz CT molecular complexity index is 1160. The number of esters is 1. The number of amidine groups is 1. The van der Waals surface area contributed by atoms with Gasteiger partial charge in [-0.2, -0.15) is 4.91 Å². The number of hydrogen-bond donors (Lipinski definition) is 1. The minimum absolute atomic E-state index is 0.111. The molecule has 10 heteroatoms. The lowest BCUT2D eigenvalue weighted by Crippen LogP contribution is -2.34. The van der Waals surface area contributed by atoms with Crippen molar-refractivity contribution in [2.75, 3.05) is 19.6 Å². The van der Waals surface area contributed by atoms with E-state index in [0.717, 1.165) is 28.7 Å². The van der Waals surface area contributed by atoms with Crippen LogP contribution in [0.25, 0.3) is 5.57 Å². The van der Waals surface area contributed by atoms with Gasteiger partial charge in [-0.3, -0.25) is 14.6 Å². The first kappa shape index (κ1) is 28.6. The van der Waals surface area contributed by atoms with Crippen molar-refractivity contribution in [2.45, 2.75) is 65.0 Å². The standard InChI is InChI=1S/C28H36N6O4/c1-4-13-34(14-5-12-30-37)28(36)24-16-23-11-10-22(17-25(23)31-26(18-24)32-33-29)21-8-6-20(7-9-21)15-27(35)38-19(2)3/h6-11,16,19,25H,4-5,12-15,17-18H2,1-3H3,(H2,29,31,32). The number of nitroso groups, excluding NO2 is 1. The van der Waals surface area contributed by atoms with Gasteiger partial charge in [-0.05, 0) is 61.5 Å². The lowest BCUT2D eigenvalue weighted by atomic mass is 9.88. The normalized spacial score (nSPS) is 17.1. The molecule has 0 fully saturated rings. The molecule has 3 rings (SSSR count). The summed E-state index contributed by atoms with van der Waals surface area (Å²) in [6, 6.07) is 7.61. The number of aliphatic imine (C=N–C) groups is 1. The zero-order chi connectivity index (χ0) is 27.5. The van der Waals surface area contributed by atoms with Crippen molar-refractivity contribution >= 4 is 23.3 Å². The maximum atomic E-state index is 13.4. The molecule has 1 aliphatic carbocycles. The summed E-state index contributed by atoms with van der Waals surface area (Å²) in [7, 11) is 0. The van der Waals surface area contributed by atoms with Gasteiger partial charge in [-0.15, -0.1) is 5.11 Å². The largest absolute Gasteiger partial charge is 0.463 e. The first-order valence-corrected chi connectivity index (χ1v) is 13.0. The van der Waals surface area contributed by atoms with Crippen molar-refractivity contribution < 1.29 is 14.3 Å². The van der Waals surface area contributed by atoms with Gasteiger partial charge in [0, 0.05) is 25.1 Å². The number of nitrogens with zero attached hydrogens (tertiary/aromatic N) is 5. The van der Waals surface area contributed by atoms with Crippen LogP contribution >= 0.6 is 0 Å². The second-order valence-electron chi connectivity index (χ2n) is 9.60. The van der Waals surface area contributed by atoms with Crippen LogP contribution in [0.1, 0.15) is 57.6 Å². The first-order chi connectivity index (χ1) is 18.3. The maximum Gasteiger partial charge on any atom is 0.310 e. The number of ether oxygens (including phenoxy) is 1. The van der Waals surface area contributed by atoms with Crippen molar-refractivity contribution in [3.63, 3.8) is 0 Å². The number of rotatable bonds is 11. The maximum absolute atomic E-state index is 13.4. The monoisotopic (exact) mass is 520 g/mol. The van der Waals surface area contributed by atoms with Crippen LogP contribution in [-0.2, 0) is 20.7 Å². The van der Waals surface area contributed by atoms with E-state index in [1.165, 1.54) is 0 Å². The number of allylic oxidation sites excluding steroid dienone is 2. The van der Waals surface area contributed by atoms with E-state index in [1.807, 2.05) is 63.3 Å². The topological polar surface area (TPSA) is 139 Å². The summed E-state index contributed by atoms with van der Waals surface area (Å²) in [5.74, 6) is 5.38. The molecule has 1 amide bonds. The van der Waals surface area contributed by atoms with Crippen LogP contribution in [0.5, 0.6) is 0 Å². The van der Waals surface area contributed by atoms with Gasteiger partial charge in [0.1, 0.15) is 0 Å². The van der Waals surface area contributed by atoms with Crippen molar-refractivity contribution in [1.29, 1.82) is 0 Å². The van der Waals surface area contributed by atoms with Gasteiger partial charge >= 0.3 is 5.97 Å². The molecule has 202 valence electrons. The predicted molar refractivity (Wildman–Crippen MR) is 147 cm³/mol. The lowest BCUT2D eigenvalue weighted by Gasteiger charge is -2.23. The Kier molecular flexibility index (Phi) is 10.6. The number of carbonyl (C=O) groups is 2. The van der Waals surface area contributed by atoms with E-state index in [0.29, 0.717) is 37.3 Å². The molecule has 0 bridgehead atoms. The molecule has 1 aromatic rings. The van der Waals surface area contributed by atoms with Crippen molar-refractivity contribution in [1.82, 2.24) is 4.90 Å². The van der Waals surface area contributed by atoms with E-state index in [4.69, 9.17) is 15.6 Å². The van der Waals surface area contributed by atoms with Gasteiger partial charge in [0.15, 0.2) is 5.84 Å². The highest BCUT2D eigenvalue weighted by Crippen LogP contribution is 2.33. The Morgan fingerprint density at radius 3 is 2.61 bits per heavy atom. The Labute approximate surface area is 223 Å². The molecule has 10 nitrogen and oxygen atoms in total. The number of amides is 1. The van der Waals surface area contributed by atoms with Gasteiger partial charge < -0.3 is 15.5 Å². The minimum Gasteiger partial charge on any atom is -0.463 e. The van der Waals surface area contributed by atoms with E-state index >= 15 is 0 Å². The van der Waals surface area contributed by atoms with E-state index in [-0.39, 0.29) is 43.4 Å². The number of hydrogen-bond acceptors (Lipinski definition) is 8. The fourth-order valence-corrected chi connectivity index (χ4v) is 4.52. The molecular weight excluding hydrogens is 484 g/mol. The summed E-state index contributed by atoms with van der Waals surface area (Å²) in [5.41, 5.74) is 4.47. The predicted octanol–water partition coefficient (Wildman–Crippen LogP) is 4.71. The summed E-state index contributed by atoms with van der Waals surface area (Å²) in [6.45, 7) is 6.88. The molecular formula is C28H36N6O4. The highest BCUT2D eigenvalue weighted by Gasteiger charge is 2.27. The average molecular weight is 521 g/mol. The van der Waals surface area contributed by atoms with Crippen LogP contribution in [0.4, 0.5) is 0 Å². The number of fused-ring (bicyclic) bond motifs is 1. The zero-order valence-corrected chi connectivity index (χ0v) is 22.3. The Hall–Kier alpha value is -3.95. The third-order valence-corrected chi connectivity index (χ3v) is 6.22. The van der Waals surface area contributed by atoms with Crippen LogP contribution in [-0.4, -0.2) is 54.4 Å². The fourth-order valence-electron chi connectivity index (χ4n) is 4.52. The van der Waals surface area contributed by atoms with Gasteiger partial charge in [0.25, 0.3) is 0 Å². The number of benzene rings is 1. The van der Waals surface area contributed by atoms with Gasteiger partial charge in [-0.25, -0.2) is 0 Å². The van der Waals surface area contributed by atoms with E-state index < -0.39 is 0 Å². The Morgan fingerprint density at radius 1 is 1.18 bits per heavy atom. The minimum atomic E-state index is -0.248. The molecule has 0 aromatic heterocycles. The zero-order valence-electron chi connectivity index (χ0n) is 22.3. The fraction of sp³-hybridized carbons (Fsp3) is 0.464. The molecule has 1 aromatic carbocycles. The van der Waals surface area contributed by atoms with Crippen LogP contribution in [0.15, 0.2) is 74.1 Å². The second-order valence-corrected chi connectivity index (χ2v) is 9.60. The Morgan fingerprint density at radius 2 is 1.95 bits per heavy atom. The molecule has 0 spiro atoms. The molecule has 1 unspecified atom stereocenters. The van der Waals surface area contributed by atoms with Crippen molar-refractivity contribution in [3.8, 4) is 0 Å². The van der Waals surface area contributed by atoms with E-state index in [1.54, 1.807) is 4.90 Å². The molecule has 2 aliphatic rings. The van der Waals surface area contributed by atoms with Gasteiger partial charge in [-0.1, -0.05) is 53.7 Å². The quantitative estimate of drug-likeness (QED) is 0.112. The molecule has 1 atom stereocenters. The lowest BCUT2D eigenvalue weighted by molar-refractivity contribution is -0.146. The average Bonchev–Trinajstić information content (AvgIpc) is 3.06. The summed E-state index contributed by atoms with van der Waals surface area (Å²) >= 11 is 0. The van der Waals surface area contributed by atoms with Crippen molar-refractivity contribution in [3.05, 3.63) is 69.7 Å². The first-order valence-electron chi connectivity index (χ1n) is 13.0. The third kappa shape index (κ3) is 8.03. The third-order valence-electron chi connectivity index (χ3n) is 6.22. The summed E-state index contributed by atoms with van der Waals surface area (Å²) < 4.78 is 5.23. The van der Waals surface area contributed by atoms with Crippen LogP contribution < -0.4 is 5.84 Å². The number of carbonyl (C=O) groups excluding carboxylic acids is 2. The molecule has 0 radical (unpaired) electrons. The molecule has 0 saturated carbocycles.